The first kappa shape index (κ1) is 16.5. The van der Waals surface area contributed by atoms with Gasteiger partial charge < -0.3 is 4.57 Å². The van der Waals surface area contributed by atoms with Gasteiger partial charge in [-0.1, -0.05) is 26.8 Å². The van der Waals surface area contributed by atoms with Crippen molar-refractivity contribution in [2.24, 2.45) is 5.41 Å². The predicted molar refractivity (Wildman–Crippen MR) is 96.8 cm³/mol. The maximum absolute atomic E-state index is 9.11. The number of aromatic nitrogens is 4. The van der Waals surface area contributed by atoms with Gasteiger partial charge in [-0.2, -0.15) is 17.9 Å². The van der Waals surface area contributed by atoms with Gasteiger partial charge in [-0.15, -0.1) is 0 Å². The number of pyridine rings is 1. The first-order valence-corrected chi connectivity index (χ1v) is 8.26. The lowest BCUT2D eigenvalue weighted by Crippen LogP contribution is -2.18. The van der Waals surface area contributed by atoms with Crippen LogP contribution in [0, 0.1) is 16.7 Å². The van der Waals surface area contributed by atoms with E-state index in [0.717, 1.165) is 29.0 Å². The zero-order valence-electron chi connectivity index (χ0n) is 13.9. The molecule has 122 valence electrons. The molecule has 3 rings (SSSR count). The summed E-state index contributed by atoms with van der Waals surface area (Å²) in [6.07, 6.45) is 3.46. The van der Waals surface area contributed by atoms with Crippen molar-refractivity contribution in [2.75, 3.05) is 0 Å². The van der Waals surface area contributed by atoms with Crippen molar-refractivity contribution in [1.82, 2.24) is 19.5 Å². The van der Waals surface area contributed by atoms with E-state index in [1.54, 1.807) is 12.4 Å². The predicted octanol–water partition coefficient (Wildman–Crippen LogP) is 3.76. The molecule has 1 atom stereocenters. The number of nitrogens with zero attached hydrogens (tertiary/aromatic N) is 5. The highest BCUT2D eigenvalue weighted by Crippen LogP contribution is 2.33. The van der Waals surface area contributed by atoms with Crippen LogP contribution in [-0.2, 0) is 6.54 Å². The van der Waals surface area contributed by atoms with Crippen LogP contribution >= 0.6 is 12.6 Å². The fourth-order valence-electron chi connectivity index (χ4n) is 2.67. The summed E-state index contributed by atoms with van der Waals surface area (Å²) in [5.74, 6) is 0.177. The minimum Gasteiger partial charge on any atom is -0.327 e. The Hall–Kier alpha value is -2.39. The lowest BCUT2D eigenvalue weighted by atomic mass is 9.96. The zero-order valence-corrected chi connectivity index (χ0v) is 14.8. The molecule has 0 aliphatic rings. The summed E-state index contributed by atoms with van der Waals surface area (Å²) in [5, 5.41) is 9.84. The van der Waals surface area contributed by atoms with Gasteiger partial charge in [0.25, 0.3) is 0 Å². The van der Waals surface area contributed by atoms with Crippen LogP contribution in [0.3, 0.4) is 0 Å². The molecule has 3 aromatic heterocycles. The molecule has 0 spiro atoms. The van der Waals surface area contributed by atoms with E-state index in [4.69, 9.17) is 17.9 Å². The third-order valence-electron chi connectivity index (χ3n) is 3.65. The highest BCUT2D eigenvalue weighted by atomic mass is 32.1. The van der Waals surface area contributed by atoms with Gasteiger partial charge in [0.1, 0.15) is 11.7 Å². The SMILES string of the molecule is CC(C)(C)Cn1c(C(S)c2ccccn2)cc2cnc(C#N)nc21. The van der Waals surface area contributed by atoms with E-state index in [1.807, 2.05) is 30.3 Å². The topological polar surface area (TPSA) is 67.4 Å². The fourth-order valence-corrected chi connectivity index (χ4v) is 3.04. The maximum Gasteiger partial charge on any atom is 0.234 e. The first-order valence-electron chi connectivity index (χ1n) is 7.74. The van der Waals surface area contributed by atoms with E-state index in [9.17, 15) is 0 Å². The van der Waals surface area contributed by atoms with Crippen molar-refractivity contribution >= 4 is 23.7 Å². The molecule has 0 aliphatic carbocycles. The van der Waals surface area contributed by atoms with Crippen molar-refractivity contribution in [1.29, 1.82) is 5.26 Å². The average Bonchev–Trinajstić information content (AvgIpc) is 2.91. The summed E-state index contributed by atoms with van der Waals surface area (Å²) in [6.45, 7) is 7.27. The molecule has 0 saturated carbocycles. The molecule has 0 aromatic carbocycles. The second-order valence-corrected chi connectivity index (χ2v) is 7.47. The molecule has 1 unspecified atom stereocenters. The first-order chi connectivity index (χ1) is 11.4. The molecule has 3 aromatic rings. The molecule has 6 heteroatoms. The lowest BCUT2D eigenvalue weighted by molar-refractivity contribution is 0.344. The van der Waals surface area contributed by atoms with Gasteiger partial charge >= 0.3 is 0 Å². The minimum absolute atomic E-state index is 0.0517. The number of hydrogen-bond acceptors (Lipinski definition) is 5. The Kier molecular flexibility index (Phi) is 4.29. The van der Waals surface area contributed by atoms with Gasteiger partial charge in [0.15, 0.2) is 0 Å². The smallest absolute Gasteiger partial charge is 0.234 e. The number of thiol groups is 1. The second kappa shape index (κ2) is 6.25. The quantitative estimate of drug-likeness (QED) is 0.739. The molecule has 0 saturated heterocycles. The van der Waals surface area contributed by atoms with Crippen molar-refractivity contribution in [3.8, 4) is 6.07 Å². The van der Waals surface area contributed by atoms with Crippen LogP contribution in [0.5, 0.6) is 0 Å². The Balaban J connectivity index is 2.19. The molecule has 5 nitrogen and oxygen atoms in total. The molecule has 0 amide bonds. The molecule has 0 fully saturated rings. The van der Waals surface area contributed by atoms with Gasteiger partial charge in [0, 0.05) is 30.0 Å². The van der Waals surface area contributed by atoms with Crippen molar-refractivity contribution in [3.63, 3.8) is 0 Å². The van der Waals surface area contributed by atoms with Crippen LogP contribution in [0.2, 0.25) is 0 Å². The molecule has 24 heavy (non-hydrogen) atoms. The summed E-state index contributed by atoms with van der Waals surface area (Å²) >= 11 is 4.79. The third kappa shape index (κ3) is 3.26. The molecule has 0 radical (unpaired) electrons. The Morgan fingerprint density at radius 2 is 2.08 bits per heavy atom. The van der Waals surface area contributed by atoms with Crippen LogP contribution in [-0.4, -0.2) is 19.5 Å². The van der Waals surface area contributed by atoms with Gasteiger partial charge in [0.05, 0.1) is 10.9 Å². The number of hydrogen-bond donors (Lipinski definition) is 1. The highest BCUT2D eigenvalue weighted by Gasteiger charge is 2.22. The summed E-state index contributed by atoms with van der Waals surface area (Å²) in [4.78, 5) is 12.9. The molecule has 0 N–H and O–H groups in total. The van der Waals surface area contributed by atoms with Crippen LogP contribution in [0.25, 0.3) is 11.0 Å². The standard InChI is InChI=1S/C18H19N5S/c1-18(2,3)11-23-14(16(24)13-6-4-5-7-20-13)8-12-10-21-15(9-19)22-17(12)23/h4-8,10,16,24H,11H2,1-3H3. The molecule has 3 heterocycles. The van der Waals surface area contributed by atoms with E-state index in [2.05, 4.69) is 40.3 Å². The van der Waals surface area contributed by atoms with Crippen LogP contribution < -0.4 is 0 Å². The molecular formula is C18H19N5S. The number of rotatable bonds is 3. The van der Waals surface area contributed by atoms with Crippen LogP contribution in [0.4, 0.5) is 0 Å². The lowest BCUT2D eigenvalue weighted by Gasteiger charge is -2.23. The van der Waals surface area contributed by atoms with Crippen LogP contribution in [0.1, 0.15) is 43.2 Å². The van der Waals surface area contributed by atoms with Gasteiger partial charge in [-0.05, 0) is 23.6 Å². The summed E-state index contributed by atoms with van der Waals surface area (Å²) < 4.78 is 2.13. The molecule has 0 aliphatic heterocycles. The zero-order chi connectivity index (χ0) is 17.3. The molecule has 0 bridgehead atoms. The van der Waals surface area contributed by atoms with Gasteiger partial charge in [-0.25, -0.2) is 9.97 Å². The van der Waals surface area contributed by atoms with Crippen molar-refractivity contribution < 1.29 is 0 Å². The normalized spacial score (nSPS) is 13.0. The number of fused-ring (bicyclic) bond motifs is 1. The van der Waals surface area contributed by atoms with E-state index < -0.39 is 0 Å². The van der Waals surface area contributed by atoms with Gasteiger partial charge in [0.2, 0.25) is 5.82 Å². The van der Waals surface area contributed by atoms with E-state index in [1.165, 1.54) is 0 Å². The third-order valence-corrected chi connectivity index (χ3v) is 4.18. The second-order valence-electron chi connectivity index (χ2n) is 6.96. The maximum atomic E-state index is 9.11. The Bertz CT molecular complexity index is 903. The van der Waals surface area contributed by atoms with E-state index in [0.29, 0.717) is 0 Å². The Labute approximate surface area is 146 Å². The highest BCUT2D eigenvalue weighted by molar-refractivity contribution is 7.80. The van der Waals surface area contributed by atoms with E-state index in [-0.39, 0.29) is 16.5 Å². The number of nitriles is 1. The average molecular weight is 337 g/mol. The monoisotopic (exact) mass is 337 g/mol. The Morgan fingerprint density at radius 1 is 1.29 bits per heavy atom. The van der Waals surface area contributed by atoms with Crippen molar-refractivity contribution in [2.45, 2.75) is 32.6 Å². The summed E-state index contributed by atoms with van der Waals surface area (Å²) in [7, 11) is 0. The Morgan fingerprint density at radius 3 is 2.71 bits per heavy atom. The fraction of sp³-hybridized carbons (Fsp3) is 0.333. The van der Waals surface area contributed by atoms with Gasteiger partial charge in [-0.3, -0.25) is 4.98 Å². The largest absolute Gasteiger partial charge is 0.327 e. The van der Waals surface area contributed by atoms with E-state index >= 15 is 0 Å². The summed E-state index contributed by atoms with van der Waals surface area (Å²) in [5.41, 5.74) is 2.70. The van der Waals surface area contributed by atoms with Crippen molar-refractivity contribution in [3.05, 3.63) is 53.9 Å². The minimum atomic E-state index is -0.173. The molecular weight excluding hydrogens is 318 g/mol. The van der Waals surface area contributed by atoms with Crippen LogP contribution in [0.15, 0.2) is 36.7 Å². The summed E-state index contributed by atoms with van der Waals surface area (Å²) in [6, 6.07) is 9.85.